The Bertz CT molecular complexity index is 629. The van der Waals surface area contributed by atoms with Crippen LogP contribution in [0, 0.1) is 0 Å². The van der Waals surface area contributed by atoms with Crippen molar-refractivity contribution in [3.63, 3.8) is 0 Å². The van der Waals surface area contributed by atoms with Crippen LogP contribution in [0.1, 0.15) is 22.0 Å². The number of hydrogen-bond donors (Lipinski definition) is 2. The van der Waals surface area contributed by atoms with Gasteiger partial charge in [-0.05, 0) is 23.8 Å². The van der Waals surface area contributed by atoms with Crippen LogP contribution in [-0.2, 0) is 4.79 Å². The van der Waals surface area contributed by atoms with Gasteiger partial charge < -0.3 is 11.1 Å². The van der Waals surface area contributed by atoms with E-state index >= 15 is 0 Å². The molecule has 3 N–H and O–H groups in total. The van der Waals surface area contributed by atoms with E-state index in [0.717, 1.165) is 0 Å². The summed E-state index contributed by atoms with van der Waals surface area (Å²) in [7, 11) is 0. The summed E-state index contributed by atoms with van der Waals surface area (Å²) in [4.78, 5) is 23.6. The van der Waals surface area contributed by atoms with Crippen LogP contribution in [0.25, 0.3) is 0 Å². The molecule has 1 atom stereocenters. The van der Waals surface area contributed by atoms with Gasteiger partial charge in [0.1, 0.15) is 6.04 Å². The largest absolute Gasteiger partial charge is 0.368 e. The molecule has 0 aromatic heterocycles. The average Bonchev–Trinajstić information content (AvgIpc) is 2.45. The zero-order chi connectivity index (χ0) is 14.5. The van der Waals surface area contributed by atoms with Crippen LogP contribution in [-0.4, -0.2) is 11.8 Å². The Morgan fingerprint density at radius 3 is 2.35 bits per heavy atom. The normalized spacial score (nSPS) is 11.7. The van der Waals surface area contributed by atoms with Crippen LogP contribution in [0.3, 0.4) is 0 Å². The van der Waals surface area contributed by atoms with Crippen molar-refractivity contribution in [1.82, 2.24) is 5.32 Å². The molecule has 2 amide bonds. The van der Waals surface area contributed by atoms with Gasteiger partial charge in [-0.1, -0.05) is 48.0 Å². The molecular weight excluding hydrogens is 276 g/mol. The van der Waals surface area contributed by atoms with Crippen LogP contribution in [0.2, 0.25) is 5.02 Å². The molecule has 0 aliphatic rings. The quantitative estimate of drug-likeness (QED) is 0.906. The van der Waals surface area contributed by atoms with Crippen LogP contribution in [0.15, 0.2) is 54.6 Å². The molecule has 5 heteroatoms. The summed E-state index contributed by atoms with van der Waals surface area (Å²) >= 11 is 5.83. The minimum absolute atomic E-state index is 0.375. The van der Waals surface area contributed by atoms with E-state index in [1.807, 2.05) is 6.07 Å². The molecule has 0 spiro atoms. The van der Waals surface area contributed by atoms with E-state index in [2.05, 4.69) is 5.32 Å². The number of carbonyl (C=O) groups is 2. The summed E-state index contributed by atoms with van der Waals surface area (Å²) in [6.07, 6.45) is 0. The van der Waals surface area contributed by atoms with Gasteiger partial charge in [0.05, 0.1) is 0 Å². The third kappa shape index (κ3) is 3.36. The number of nitrogens with one attached hydrogen (secondary N) is 1. The molecule has 0 aliphatic carbocycles. The standard InChI is InChI=1S/C15H13ClN2O2/c16-12-8-4-7-11(9-12)15(20)18-13(14(17)19)10-5-2-1-3-6-10/h1-9,13H,(H2,17,19)(H,18,20)/t13-/m1/s1. The molecule has 2 aromatic rings. The predicted molar refractivity (Wildman–Crippen MR) is 77.3 cm³/mol. The fourth-order valence-corrected chi connectivity index (χ4v) is 2.00. The van der Waals surface area contributed by atoms with Crippen molar-refractivity contribution in [2.75, 3.05) is 0 Å². The topological polar surface area (TPSA) is 72.2 Å². The molecule has 0 aliphatic heterocycles. The number of halogens is 1. The summed E-state index contributed by atoms with van der Waals surface area (Å²) in [5.74, 6) is -1.02. The fraction of sp³-hybridized carbons (Fsp3) is 0.0667. The molecular formula is C15H13ClN2O2. The minimum atomic E-state index is -0.873. The molecule has 0 saturated carbocycles. The van der Waals surface area contributed by atoms with E-state index in [1.165, 1.54) is 6.07 Å². The van der Waals surface area contributed by atoms with Gasteiger partial charge in [-0.15, -0.1) is 0 Å². The smallest absolute Gasteiger partial charge is 0.252 e. The minimum Gasteiger partial charge on any atom is -0.368 e. The number of primary amides is 1. The van der Waals surface area contributed by atoms with Crippen molar-refractivity contribution < 1.29 is 9.59 Å². The van der Waals surface area contributed by atoms with Crippen LogP contribution >= 0.6 is 11.6 Å². The van der Waals surface area contributed by atoms with Crippen molar-refractivity contribution in [2.24, 2.45) is 5.73 Å². The van der Waals surface area contributed by atoms with Gasteiger partial charge >= 0.3 is 0 Å². The molecule has 102 valence electrons. The highest BCUT2D eigenvalue weighted by molar-refractivity contribution is 6.31. The van der Waals surface area contributed by atoms with E-state index in [1.54, 1.807) is 42.5 Å². The van der Waals surface area contributed by atoms with E-state index < -0.39 is 17.9 Å². The lowest BCUT2D eigenvalue weighted by atomic mass is 10.1. The number of benzene rings is 2. The van der Waals surface area contributed by atoms with Gasteiger partial charge in [0.25, 0.3) is 5.91 Å². The van der Waals surface area contributed by atoms with Crippen molar-refractivity contribution in [3.8, 4) is 0 Å². The summed E-state index contributed by atoms with van der Waals surface area (Å²) in [6.45, 7) is 0. The zero-order valence-electron chi connectivity index (χ0n) is 10.5. The number of nitrogens with two attached hydrogens (primary N) is 1. The maximum atomic E-state index is 12.1. The number of rotatable bonds is 4. The average molecular weight is 289 g/mol. The Kier molecular flexibility index (Phi) is 4.38. The maximum absolute atomic E-state index is 12.1. The lowest BCUT2D eigenvalue weighted by molar-refractivity contribution is -0.120. The molecule has 0 heterocycles. The third-order valence-corrected chi connectivity index (χ3v) is 3.01. The fourth-order valence-electron chi connectivity index (χ4n) is 1.81. The summed E-state index contributed by atoms with van der Waals surface area (Å²) in [5, 5.41) is 3.06. The second-order valence-corrected chi connectivity index (χ2v) is 4.67. The van der Waals surface area contributed by atoms with Gasteiger partial charge in [-0.2, -0.15) is 0 Å². The molecule has 0 radical (unpaired) electrons. The Morgan fingerprint density at radius 1 is 1.05 bits per heavy atom. The first-order valence-electron chi connectivity index (χ1n) is 5.98. The number of carbonyl (C=O) groups excluding carboxylic acids is 2. The Morgan fingerprint density at radius 2 is 1.75 bits per heavy atom. The van der Waals surface area contributed by atoms with E-state index in [4.69, 9.17) is 17.3 Å². The van der Waals surface area contributed by atoms with Gasteiger partial charge in [0.15, 0.2) is 0 Å². The third-order valence-electron chi connectivity index (χ3n) is 2.78. The molecule has 0 saturated heterocycles. The summed E-state index contributed by atoms with van der Waals surface area (Å²) < 4.78 is 0. The number of amides is 2. The van der Waals surface area contributed by atoms with Crippen LogP contribution in [0.4, 0.5) is 0 Å². The van der Waals surface area contributed by atoms with Gasteiger partial charge in [0.2, 0.25) is 5.91 Å². The molecule has 2 aromatic carbocycles. The van der Waals surface area contributed by atoms with Gasteiger partial charge in [0, 0.05) is 10.6 Å². The Balaban J connectivity index is 2.21. The van der Waals surface area contributed by atoms with Crippen LogP contribution in [0.5, 0.6) is 0 Å². The molecule has 0 fully saturated rings. The second-order valence-electron chi connectivity index (χ2n) is 4.23. The molecule has 4 nitrogen and oxygen atoms in total. The molecule has 0 unspecified atom stereocenters. The zero-order valence-corrected chi connectivity index (χ0v) is 11.3. The van der Waals surface area contributed by atoms with Crippen molar-refractivity contribution in [1.29, 1.82) is 0 Å². The molecule has 2 rings (SSSR count). The first kappa shape index (κ1) is 14.1. The van der Waals surface area contributed by atoms with E-state index in [9.17, 15) is 9.59 Å². The predicted octanol–water partition coefficient (Wildman–Crippen LogP) is 2.30. The van der Waals surface area contributed by atoms with Gasteiger partial charge in [-0.3, -0.25) is 9.59 Å². The SMILES string of the molecule is NC(=O)[C@H](NC(=O)c1cccc(Cl)c1)c1ccccc1. The number of hydrogen-bond acceptors (Lipinski definition) is 2. The van der Waals surface area contributed by atoms with Crippen molar-refractivity contribution in [2.45, 2.75) is 6.04 Å². The van der Waals surface area contributed by atoms with Crippen molar-refractivity contribution in [3.05, 3.63) is 70.7 Å². The van der Waals surface area contributed by atoms with E-state index in [0.29, 0.717) is 16.1 Å². The lowest BCUT2D eigenvalue weighted by Gasteiger charge is -2.16. The lowest BCUT2D eigenvalue weighted by Crippen LogP contribution is -2.37. The first-order chi connectivity index (χ1) is 9.58. The maximum Gasteiger partial charge on any atom is 0.252 e. The highest BCUT2D eigenvalue weighted by atomic mass is 35.5. The summed E-state index contributed by atoms with van der Waals surface area (Å²) in [6, 6.07) is 14.4. The first-order valence-corrected chi connectivity index (χ1v) is 6.36. The van der Waals surface area contributed by atoms with Crippen molar-refractivity contribution >= 4 is 23.4 Å². The van der Waals surface area contributed by atoms with Crippen LogP contribution < -0.4 is 11.1 Å². The monoisotopic (exact) mass is 288 g/mol. The highest BCUT2D eigenvalue weighted by Crippen LogP contribution is 2.15. The van der Waals surface area contributed by atoms with Gasteiger partial charge in [-0.25, -0.2) is 0 Å². The second kappa shape index (κ2) is 6.21. The molecule has 0 bridgehead atoms. The van der Waals surface area contributed by atoms with E-state index in [-0.39, 0.29) is 0 Å². The molecule has 20 heavy (non-hydrogen) atoms. The summed E-state index contributed by atoms with van der Waals surface area (Å²) in [5.41, 5.74) is 6.35. The Labute approximate surface area is 121 Å². The highest BCUT2D eigenvalue weighted by Gasteiger charge is 2.20. The Hall–Kier alpha value is -2.33.